The number of para-hydroxylation sites is 1. The first-order valence-electron chi connectivity index (χ1n) is 17.0. The molecule has 4 aromatic rings. The Labute approximate surface area is 307 Å². The normalized spacial score (nSPS) is 19.4. The second kappa shape index (κ2) is 18.1. The number of likely N-dealkylation sites (N-methyl/N-ethyl adjacent to an activating group) is 1. The number of carbonyl (C=O) groups is 3. The molecule has 0 spiro atoms. The molecule has 3 amide bonds. The molecule has 5 rings (SSSR count). The van der Waals surface area contributed by atoms with E-state index >= 15 is 0 Å². The van der Waals surface area contributed by atoms with Crippen LogP contribution in [0.2, 0.25) is 10.0 Å². The van der Waals surface area contributed by atoms with Crippen LogP contribution in [0.15, 0.2) is 76.7 Å². The van der Waals surface area contributed by atoms with E-state index < -0.39 is 18.1 Å². The van der Waals surface area contributed by atoms with Gasteiger partial charge in [-0.25, -0.2) is 0 Å². The monoisotopic (exact) mass is 737 g/mol. The predicted octanol–water partition coefficient (Wildman–Crippen LogP) is 5.14. The molecule has 10 nitrogen and oxygen atoms in total. The summed E-state index contributed by atoms with van der Waals surface area (Å²) in [6.07, 6.45) is 4.91. The maximum Gasteiger partial charge on any atom is 0.245 e. The lowest BCUT2D eigenvalue weighted by molar-refractivity contribution is -0.142. The third-order valence-electron chi connectivity index (χ3n) is 9.04. The van der Waals surface area contributed by atoms with E-state index in [-0.39, 0.29) is 30.7 Å². The number of H-pyrrole nitrogens is 1. The molecule has 8 N–H and O–H groups in total. The van der Waals surface area contributed by atoms with Gasteiger partial charge in [-0.1, -0.05) is 71.4 Å². The predicted molar refractivity (Wildman–Crippen MR) is 201 cm³/mol. The van der Waals surface area contributed by atoms with Crippen molar-refractivity contribution in [3.05, 3.63) is 93.6 Å². The van der Waals surface area contributed by atoms with Gasteiger partial charge in [0.15, 0.2) is 0 Å². The van der Waals surface area contributed by atoms with Crippen LogP contribution in [0.4, 0.5) is 0 Å². The quantitative estimate of drug-likeness (QED) is 0.130. The number of benzene rings is 3. The molecule has 0 radical (unpaired) electrons. The van der Waals surface area contributed by atoms with E-state index in [0.29, 0.717) is 61.8 Å². The standard InChI is InChI=1S/C37H45Cl2N7O3S/c1-46-32(18-24-21-42-29-11-4-3-10-27(24)29)36(48)44-22-25-17-26(38)19-28(39)34(25)50-33-14-5-2-9-23(33)20-43-30(13-8-16-41)35(47)45-31(37(46)49)12-6-7-15-40/h2-5,9-11,14,17,19,21,30-32,42-43H,6-8,12-13,15-16,18,20,22,40-41H2,1H3,(H,44,48)(H,45,47)/t30-,31-,32+/m1/s1. The van der Waals surface area contributed by atoms with Gasteiger partial charge in [0.2, 0.25) is 17.7 Å². The van der Waals surface area contributed by atoms with E-state index in [1.807, 2.05) is 54.7 Å². The average Bonchev–Trinajstić information content (AvgIpc) is 3.52. The summed E-state index contributed by atoms with van der Waals surface area (Å²) in [6.45, 7) is 1.40. The number of nitrogens with two attached hydrogens (primary N) is 2. The van der Waals surface area contributed by atoms with Crippen LogP contribution in [0, 0.1) is 0 Å². The van der Waals surface area contributed by atoms with Crippen molar-refractivity contribution >= 4 is 63.6 Å². The van der Waals surface area contributed by atoms with Crippen molar-refractivity contribution in [2.45, 2.75) is 79.5 Å². The van der Waals surface area contributed by atoms with Gasteiger partial charge < -0.3 is 37.3 Å². The lowest BCUT2D eigenvalue weighted by Gasteiger charge is -2.32. The van der Waals surface area contributed by atoms with Crippen molar-refractivity contribution < 1.29 is 14.4 Å². The number of aromatic nitrogens is 1. The fourth-order valence-electron chi connectivity index (χ4n) is 6.24. The van der Waals surface area contributed by atoms with E-state index in [4.69, 9.17) is 34.7 Å². The Morgan fingerprint density at radius 1 is 0.860 bits per heavy atom. The van der Waals surface area contributed by atoms with Crippen molar-refractivity contribution in [3.63, 3.8) is 0 Å². The summed E-state index contributed by atoms with van der Waals surface area (Å²) in [7, 11) is 1.62. The van der Waals surface area contributed by atoms with E-state index in [1.54, 1.807) is 19.2 Å². The number of fused-ring (bicyclic) bond motifs is 3. The number of unbranched alkanes of at least 4 members (excludes halogenated alkanes) is 1. The number of nitrogens with zero attached hydrogens (tertiary/aromatic N) is 1. The molecule has 0 saturated heterocycles. The number of rotatable bonds is 9. The SMILES string of the molecule is CN1C(=O)[C@@H](CCCCN)NC(=O)[C@@H](CCCN)NCc2ccccc2Sc2c(Cl)cc(Cl)cc2CNC(=O)[C@@H]1Cc1c[nH]c2ccccc12. The van der Waals surface area contributed by atoms with Crippen molar-refractivity contribution in [1.29, 1.82) is 0 Å². The van der Waals surface area contributed by atoms with Gasteiger partial charge in [0.1, 0.15) is 12.1 Å². The van der Waals surface area contributed by atoms with Crippen LogP contribution in [-0.4, -0.2) is 65.9 Å². The third kappa shape index (κ3) is 9.39. The molecule has 1 aliphatic heterocycles. The zero-order valence-corrected chi connectivity index (χ0v) is 30.5. The fourth-order valence-corrected chi connectivity index (χ4v) is 7.94. The molecule has 3 aromatic carbocycles. The van der Waals surface area contributed by atoms with Gasteiger partial charge in [-0.3, -0.25) is 14.4 Å². The maximum atomic E-state index is 14.4. The average molecular weight is 739 g/mol. The molecule has 13 heteroatoms. The highest BCUT2D eigenvalue weighted by atomic mass is 35.5. The Balaban J connectivity index is 1.57. The number of nitrogens with one attached hydrogen (secondary N) is 4. The van der Waals surface area contributed by atoms with Crippen molar-refractivity contribution in [1.82, 2.24) is 25.8 Å². The van der Waals surface area contributed by atoms with Crippen LogP contribution in [-0.2, 0) is 33.9 Å². The topological polar surface area (TPSA) is 158 Å². The van der Waals surface area contributed by atoms with Gasteiger partial charge in [-0.2, -0.15) is 0 Å². The molecule has 0 unspecified atom stereocenters. The molecule has 0 fully saturated rings. The molecule has 50 heavy (non-hydrogen) atoms. The van der Waals surface area contributed by atoms with Crippen molar-refractivity contribution in [2.75, 3.05) is 20.1 Å². The maximum absolute atomic E-state index is 14.4. The number of hydrogen-bond acceptors (Lipinski definition) is 7. The van der Waals surface area contributed by atoms with Crippen molar-refractivity contribution in [3.8, 4) is 0 Å². The second-order valence-corrected chi connectivity index (χ2v) is 14.4. The molecule has 2 heterocycles. The number of hydrogen-bond donors (Lipinski definition) is 6. The zero-order chi connectivity index (χ0) is 35.6. The summed E-state index contributed by atoms with van der Waals surface area (Å²) in [5, 5.41) is 11.4. The number of halogens is 2. The molecule has 1 aromatic heterocycles. The van der Waals surface area contributed by atoms with Crippen molar-refractivity contribution in [2.24, 2.45) is 11.5 Å². The lowest BCUT2D eigenvalue weighted by atomic mass is 10.0. The van der Waals surface area contributed by atoms with Crippen LogP contribution < -0.4 is 27.4 Å². The molecule has 1 aliphatic rings. The van der Waals surface area contributed by atoms with Gasteiger partial charge in [-0.15, -0.1) is 0 Å². The van der Waals surface area contributed by atoms with Crippen LogP contribution in [0.25, 0.3) is 10.9 Å². The summed E-state index contributed by atoms with van der Waals surface area (Å²) < 4.78 is 0. The molecular formula is C37H45Cl2N7O3S. The van der Waals surface area contributed by atoms with Gasteiger partial charge in [0.05, 0.1) is 11.1 Å². The Hall–Kier alpha value is -3.58. The summed E-state index contributed by atoms with van der Waals surface area (Å²) >= 11 is 14.8. The highest BCUT2D eigenvalue weighted by Crippen LogP contribution is 2.39. The summed E-state index contributed by atoms with van der Waals surface area (Å²) in [5.74, 6) is -1.00. The van der Waals surface area contributed by atoms with Crippen LogP contribution in [0.1, 0.15) is 48.8 Å². The number of amides is 3. The summed E-state index contributed by atoms with van der Waals surface area (Å²) in [6, 6.07) is 16.8. The van der Waals surface area contributed by atoms with E-state index in [1.165, 1.54) is 16.7 Å². The van der Waals surface area contributed by atoms with Gasteiger partial charge >= 0.3 is 0 Å². The minimum atomic E-state index is -0.899. The Bertz CT molecular complexity index is 1800. The Kier molecular flexibility index (Phi) is 13.6. The van der Waals surface area contributed by atoms with Gasteiger partial charge in [-0.05, 0) is 86.1 Å². The zero-order valence-electron chi connectivity index (χ0n) is 28.1. The van der Waals surface area contributed by atoms with E-state index in [2.05, 4.69) is 20.9 Å². The first-order valence-corrected chi connectivity index (χ1v) is 18.5. The molecule has 3 atom stereocenters. The second-order valence-electron chi connectivity index (χ2n) is 12.5. The molecule has 0 aliphatic carbocycles. The number of carbonyl (C=O) groups excluding carboxylic acids is 3. The molecular weight excluding hydrogens is 693 g/mol. The van der Waals surface area contributed by atoms with Crippen LogP contribution in [0.3, 0.4) is 0 Å². The minimum absolute atomic E-state index is 0.131. The Morgan fingerprint density at radius 2 is 1.60 bits per heavy atom. The minimum Gasteiger partial charge on any atom is -0.361 e. The third-order valence-corrected chi connectivity index (χ3v) is 11.0. The van der Waals surface area contributed by atoms with E-state index in [0.717, 1.165) is 37.4 Å². The molecule has 0 saturated carbocycles. The molecule has 266 valence electrons. The first kappa shape index (κ1) is 37.7. The smallest absolute Gasteiger partial charge is 0.245 e. The Morgan fingerprint density at radius 3 is 2.40 bits per heavy atom. The largest absolute Gasteiger partial charge is 0.361 e. The van der Waals surface area contributed by atoms with E-state index in [9.17, 15) is 14.4 Å². The fraction of sp³-hybridized carbons (Fsp3) is 0.378. The van der Waals surface area contributed by atoms with Crippen LogP contribution in [0.5, 0.6) is 0 Å². The first-order chi connectivity index (χ1) is 24.2. The summed E-state index contributed by atoms with van der Waals surface area (Å²) in [4.78, 5) is 49.0. The van der Waals surface area contributed by atoms with Gasteiger partial charge in [0, 0.05) is 58.5 Å². The highest BCUT2D eigenvalue weighted by Gasteiger charge is 2.34. The summed E-state index contributed by atoms with van der Waals surface area (Å²) in [5.41, 5.74) is 15.2. The number of aromatic amines is 1. The van der Waals surface area contributed by atoms with Gasteiger partial charge in [0.25, 0.3) is 0 Å². The highest BCUT2D eigenvalue weighted by molar-refractivity contribution is 7.99. The lowest BCUT2D eigenvalue weighted by Crippen LogP contribution is -2.57. The van der Waals surface area contributed by atoms with Crippen LogP contribution >= 0.6 is 35.0 Å². The molecule has 0 bridgehead atoms.